The molecule has 10 nitrogen and oxygen atoms in total. The predicted octanol–water partition coefficient (Wildman–Crippen LogP) is 2.64. The van der Waals surface area contributed by atoms with Gasteiger partial charge >= 0.3 is 0 Å². The third-order valence-corrected chi connectivity index (χ3v) is 6.96. The molecule has 0 atom stereocenters. The Morgan fingerprint density at radius 3 is 1.87 bits per heavy atom. The Morgan fingerprint density at radius 1 is 0.641 bits per heavy atom. The number of fused-ring (bicyclic) bond motifs is 12. The van der Waals surface area contributed by atoms with E-state index in [0.29, 0.717) is 88.2 Å². The fourth-order valence-electron chi connectivity index (χ4n) is 5.18. The summed E-state index contributed by atoms with van der Waals surface area (Å²) in [5.41, 5.74) is 3.78. The van der Waals surface area contributed by atoms with E-state index in [-0.39, 0.29) is 0 Å². The highest BCUT2D eigenvalue weighted by molar-refractivity contribution is 6.50. The first kappa shape index (κ1) is 25.4. The van der Waals surface area contributed by atoms with Gasteiger partial charge in [-0.1, -0.05) is 18.2 Å². The van der Waals surface area contributed by atoms with Gasteiger partial charge in [0.05, 0.1) is 64.0 Å². The lowest BCUT2D eigenvalue weighted by molar-refractivity contribution is -0.122. The summed E-state index contributed by atoms with van der Waals surface area (Å²) in [6.45, 7) is 4.92. The quantitative estimate of drug-likeness (QED) is 0.349. The van der Waals surface area contributed by atoms with Gasteiger partial charge in [-0.3, -0.25) is 14.9 Å². The number of para-hydroxylation sites is 1. The number of ether oxygens (including phenoxy) is 4. The molecule has 0 saturated heterocycles. The average molecular weight is 531 g/mol. The first-order valence-corrected chi connectivity index (χ1v) is 13.2. The molecule has 0 unspecified atom stereocenters. The lowest BCUT2D eigenvalue weighted by Gasteiger charge is -2.09. The standard InChI is InChI=1S/C29H30N4O6/c34-28-25-22-18-32(24-6-2-1-4-20(22)24)8-10-36-12-14-38-16-17-39-15-13-37-11-9-33-19-23(26(25)29(35)31-28)21-5-3-7-30-27(21)33/h1-7,18-19H,8-17H2,(H,31,34,35). The van der Waals surface area contributed by atoms with Crippen LogP contribution in [0.3, 0.4) is 0 Å². The van der Waals surface area contributed by atoms with Crippen molar-refractivity contribution in [1.29, 1.82) is 0 Å². The van der Waals surface area contributed by atoms with Crippen molar-refractivity contribution in [1.82, 2.24) is 19.4 Å². The van der Waals surface area contributed by atoms with Crippen LogP contribution in [0, 0.1) is 0 Å². The molecule has 0 radical (unpaired) electrons. The van der Waals surface area contributed by atoms with Crippen molar-refractivity contribution >= 4 is 44.9 Å². The summed E-state index contributed by atoms with van der Waals surface area (Å²) in [5, 5.41) is 4.23. The number of hydrogen-bond donors (Lipinski definition) is 1. The lowest BCUT2D eigenvalue weighted by Crippen LogP contribution is -2.22. The van der Waals surface area contributed by atoms with Crippen molar-refractivity contribution < 1.29 is 28.5 Å². The summed E-state index contributed by atoms with van der Waals surface area (Å²) in [5.74, 6) is -0.824. The first-order valence-electron chi connectivity index (χ1n) is 13.2. The molecule has 10 heteroatoms. The minimum atomic E-state index is -0.416. The van der Waals surface area contributed by atoms with Gasteiger partial charge < -0.3 is 28.1 Å². The van der Waals surface area contributed by atoms with Crippen LogP contribution in [0.1, 0.15) is 11.1 Å². The van der Waals surface area contributed by atoms with Crippen molar-refractivity contribution in [3.05, 3.63) is 66.1 Å². The molecule has 6 rings (SSSR count). The monoisotopic (exact) mass is 530 g/mol. The lowest BCUT2D eigenvalue weighted by atomic mass is 9.96. The van der Waals surface area contributed by atoms with E-state index in [1.165, 1.54) is 0 Å². The molecule has 0 fully saturated rings. The Bertz CT molecular complexity index is 1440. The molecule has 3 aromatic heterocycles. The van der Waals surface area contributed by atoms with E-state index in [1.807, 2.05) is 53.4 Å². The van der Waals surface area contributed by atoms with Crippen molar-refractivity contribution in [3.8, 4) is 0 Å². The second kappa shape index (κ2) is 11.5. The molecule has 2 amide bonds. The number of hydrogen-bond acceptors (Lipinski definition) is 7. The Morgan fingerprint density at radius 2 is 1.18 bits per heavy atom. The van der Waals surface area contributed by atoms with E-state index in [2.05, 4.69) is 14.9 Å². The Hall–Kier alpha value is -3.83. The molecule has 2 aliphatic rings. The van der Waals surface area contributed by atoms with Crippen LogP contribution in [0.15, 0.2) is 55.0 Å². The Labute approximate surface area is 225 Å². The van der Waals surface area contributed by atoms with E-state index in [9.17, 15) is 9.59 Å². The fraction of sp³-hybridized carbons (Fsp3) is 0.345. The molecule has 202 valence electrons. The highest BCUT2D eigenvalue weighted by Crippen LogP contribution is 2.38. The summed E-state index contributed by atoms with van der Waals surface area (Å²) < 4.78 is 26.7. The van der Waals surface area contributed by atoms with E-state index in [4.69, 9.17) is 18.9 Å². The van der Waals surface area contributed by atoms with Crippen molar-refractivity contribution in [2.24, 2.45) is 0 Å². The summed E-state index contributed by atoms with van der Waals surface area (Å²) in [4.78, 5) is 31.1. The zero-order valence-corrected chi connectivity index (χ0v) is 21.6. The van der Waals surface area contributed by atoms with Gasteiger partial charge in [-0.2, -0.15) is 0 Å². The zero-order chi connectivity index (χ0) is 26.6. The highest BCUT2D eigenvalue weighted by atomic mass is 16.6. The summed E-state index contributed by atoms with van der Waals surface area (Å²) in [6.07, 6.45) is 5.55. The molecule has 1 aromatic carbocycles. The molecule has 2 aliphatic heterocycles. The number of nitrogens with one attached hydrogen (secondary N) is 1. The minimum Gasteiger partial charge on any atom is -0.377 e. The van der Waals surface area contributed by atoms with Gasteiger partial charge in [0.1, 0.15) is 5.65 Å². The van der Waals surface area contributed by atoms with Crippen LogP contribution < -0.4 is 5.32 Å². The van der Waals surface area contributed by atoms with Gasteiger partial charge in [-0.15, -0.1) is 0 Å². The largest absolute Gasteiger partial charge is 0.377 e. The van der Waals surface area contributed by atoms with Crippen molar-refractivity contribution in [2.75, 3.05) is 52.9 Å². The van der Waals surface area contributed by atoms with Gasteiger partial charge in [-0.05, 0) is 18.2 Å². The van der Waals surface area contributed by atoms with E-state index >= 15 is 0 Å². The molecule has 4 aromatic rings. The first-order chi connectivity index (χ1) is 19.2. The van der Waals surface area contributed by atoms with Gasteiger partial charge in [0.15, 0.2) is 0 Å². The van der Waals surface area contributed by atoms with Crippen LogP contribution in [0.4, 0.5) is 0 Å². The molecule has 0 saturated carbocycles. The van der Waals surface area contributed by atoms with Gasteiger partial charge in [0.25, 0.3) is 11.8 Å². The normalized spacial score (nSPS) is 18.6. The number of amides is 2. The third kappa shape index (κ3) is 5.11. The van der Waals surface area contributed by atoms with E-state index < -0.39 is 11.8 Å². The van der Waals surface area contributed by atoms with Crippen molar-refractivity contribution in [2.45, 2.75) is 13.1 Å². The van der Waals surface area contributed by atoms with E-state index in [1.54, 1.807) is 6.20 Å². The van der Waals surface area contributed by atoms with Gasteiger partial charge in [0, 0.05) is 59.1 Å². The number of benzene rings is 1. The van der Waals surface area contributed by atoms with Crippen LogP contribution in [0.5, 0.6) is 0 Å². The summed E-state index contributed by atoms with van der Waals surface area (Å²) >= 11 is 0. The van der Waals surface area contributed by atoms with Crippen LogP contribution in [-0.4, -0.2) is 78.8 Å². The predicted molar refractivity (Wildman–Crippen MR) is 145 cm³/mol. The second-order valence-corrected chi connectivity index (χ2v) is 9.35. The SMILES string of the molecule is O=C1NC(=O)C2=C1c1cn(c3ccccc13)CCOCCOCCOCCOCCn1cc2c2cccnc21. The van der Waals surface area contributed by atoms with Gasteiger partial charge in [0.2, 0.25) is 0 Å². The number of aromatic nitrogens is 3. The Kier molecular flexibility index (Phi) is 7.51. The highest BCUT2D eigenvalue weighted by Gasteiger charge is 2.35. The molecule has 0 spiro atoms. The molecule has 0 aliphatic carbocycles. The molecule has 5 heterocycles. The number of imide groups is 1. The van der Waals surface area contributed by atoms with Crippen LogP contribution >= 0.6 is 0 Å². The molecule has 39 heavy (non-hydrogen) atoms. The third-order valence-electron chi connectivity index (χ3n) is 6.96. The van der Waals surface area contributed by atoms with Crippen molar-refractivity contribution in [3.63, 3.8) is 0 Å². The maximum Gasteiger partial charge on any atom is 0.259 e. The van der Waals surface area contributed by atoms with Crippen LogP contribution in [-0.2, 0) is 41.6 Å². The van der Waals surface area contributed by atoms with E-state index in [0.717, 1.165) is 21.9 Å². The Balaban J connectivity index is 1.45. The smallest absolute Gasteiger partial charge is 0.259 e. The zero-order valence-electron chi connectivity index (χ0n) is 21.6. The minimum absolute atomic E-state index is 0.351. The van der Waals surface area contributed by atoms with Crippen LogP contribution in [0.25, 0.3) is 33.1 Å². The molecular weight excluding hydrogens is 500 g/mol. The maximum absolute atomic E-state index is 13.3. The van der Waals surface area contributed by atoms with Crippen LogP contribution in [0.2, 0.25) is 0 Å². The molecule has 4 bridgehead atoms. The molecular formula is C29H30N4O6. The summed E-state index contributed by atoms with van der Waals surface area (Å²) in [7, 11) is 0. The number of carbonyl (C=O) groups excluding carboxylic acids is 2. The second-order valence-electron chi connectivity index (χ2n) is 9.35. The topological polar surface area (TPSA) is 106 Å². The molecule has 1 N–H and O–H groups in total. The maximum atomic E-state index is 13.3. The average Bonchev–Trinajstić information content (AvgIpc) is 3.58. The fourth-order valence-corrected chi connectivity index (χ4v) is 5.18. The number of rotatable bonds is 0. The number of nitrogens with zero attached hydrogens (tertiary/aromatic N) is 3. The summed E-state index contributed by atoms with van der Waals surface area (Å²) in [6, 6.07) is 11.6. The number of carbonyl (C=O) groups is 2. The number of pyridine rings is 1. The van der Waals surface area contributed by atoms with Gasteiger partial charge in [-0.25, -0.2) is 4.98 Å².